The van der Waals surface area contributed by atoms with E-state index in [1.165, 1.54) is 6.42 Å². The fraction of sp³-hybridized carbons (Fsp3) is 0.824. The number of likely N-dealkylation sites (tertiary alicyclic amines) is 1. The number of hydrogen-bond donors (Lipinski definition) is 2. The van der Waals surface area contributed by atoms with Gasteiger partial charge in [0, 0.05) is 31.5 Å². The Labute approximate surface area is 137 Å². The highest BCUT2D eigenvalue weighted by atomic mass is 16.4. The Morgan fingerprint density at radius 1 is 1.17 bits per heavy atom. The van der Waals surface area contributed by atoms with Crippen molar-refractivity contribution in [2.75, 3.05) is 13.1 Å². The molecule has 2 N–H and O–H groups in total. The first kappa shape index (κ1) is 17.8. The summed E-state index contributed by atoms with van der Waals surface area (Å²) in [5.74, 6) is -1.27. The van der Waals surface area contributed by atoms with Gasteiger partial charge in [0.15, 0.2) is 0 Å². The lowest BCUT2D eigenvalue weighted by atomic mass is 9.88. The quantitative estimate of drug-likeness (QED) is 0.805. The third kappa shape index (κ3) is 4.69. The molecular formula is C17H28N2O4. The summed E-state index contributed by atoms with van der Waals surface area (Å²) in [7, 11) is 0. The first-order valence-electron chi connectivity index (χ1n) is 8.69. The summed E-state index contributed by atoms with van der Waals surface area (Å²) >= 11 is 0. The number of hydrogen-bond acceptors (Lipinski definition) is 3. The molecule has 0 bridgehead atoms. The van der Waals surface area contributed by atoms with E-state index in [9.17, 15) is 14.4 Å². The lowest BCUT2D eigenvalue weighted by molar-refractivity contribution is -0.142. The number of nitrogens with zero attached hydrogens (tertiary/aromatic N) is 1. The smallest absolute Gasteiger partial charge is 0.308 e. The molecule has 23 heavy (non-hydrogen) atoms. The normalized spacial score (nSPS) is 26.8. The Bertz CT molecular complexity index is 460. The van der Waals surface area contributed by atoms with Crippen LogP contribution in [0.5, 0.6) is 0 Å². The number of nitrogens with one attached hydrogen (secondary N) is 1. The van der Waals surface area contributed by atoms with Crippen LogP contribution in [-0.4, -0.2) is 46.9 Å². The first-order valence-corrected chi connectivity index (χ1v) is 8.69. The van der Waals surface area contributed by atoms with E-state index in [2.05, 4.69) is 5.32 Å². The Hall–Kier alpha value is -1.59. The molecule has 1 aliphatic carbocycles. The number of carboxylic acid groups (broad SMARTS) is 1. The molecule has 1 saturated carbocycles. The van der Waals surface area contributed by atoms with Crippen molar-refractivity contribution in [2.24, 2.45) is 17.8 Å². The minimum absolute atomic E-state index is 0.0245. The maximum absolute atomic E-state index is 12.3. The molecule has 0 spiro atoms. The molecule has 1 heterocycles. The molecule has 2 aliphatic rings. The van der Waals surface area contributed by atoms with Crippen molar-refractivity contribution in [3.63, 3.8) is 0 Å². The van der Waals surface area contributed by atoms with E-state index < -0.39 is 11.9 Å². The van der Waals surface area contributed by atoms with Crippen molar-refractivity contribution < 1.29 is 19.5 Å². The topological polar surface area (TPSA) is 86.7 Å². The van der Waals surface area contributed by atoms with E-state index in [-0.39, 0.29) is 42.7 Å². The summed E-state index contributed by atoms with van der Waals surface area (Å²) < 4.78 is 0. The van der Waals surface area contributed by atoms with Crippen LogP contribution < -0.4 is 5.32 Å². The van der Waals surface area contributed by atoms with Gasteiger partial charge < -0.3 is 15.3 Å². The van der Waals surface area contributed by atoms with E-state index in [1.807, 2.05) is 13.8 Å². The zero-order valence-electron chi connectivity index (χ0n) is 14.1. The molecule has 6 nitrogen and oxygen atoms in total. The van der Waals surface area contributed by atoms with Crippen LogP contribution in [0.3, 0.4) is 0 Å². The number of amides is 2. The zero-order chi connectivity index (χ0) is 17.0. The molecule has 1 saturated heterocycles. The zero-order valence-corrected chi connectivity index (χ0v) is 14.1. The number of carboxylic acids is 1. The van der Waals surface area contributed by atoms with E-state index in [0.29, 0.717) is 6.54 Å². The Kier molecular flexibility index (Phi) is 6.02. The van der Waals surface area contributed by atoms with Crippen LogP contribution in [0.1, 0.15) is 52.4 Å². The van der Waals surface area contributed by atoms with E-state index in [1.54, 1.807) is 4.90 Å². The molecule has 1 aliphatic heterocycles. The molecule has 2 fully saturated rings. The van der Waals surface area contributed by atoms with Crippen molar-refractivity contribution in [1.82, 2.24) is 10.2 Å². The summed E-state index contributed by atoms with van der Waals surface area (Å²) in [6, 6.07) is -0.212. The summed E-state index contributed by atoms with van der Waals surface area (Å²) in [6.45, 7) is 4.46. The molecule has 1 unspecified atom stereocenters. The number of rotatable bonds is 5. The highest BCUT2D eigenvalue weighted by molar-refractivity contribution is 5.82. The standard InChI is InChI=1S/C17H28N2O4/c1-11-9-19(10-14(11)17(22)23)15(20)8-12(2)18-16(21)13-6-4-3-5-7-13/h11-14H,3-10H2,1-2H3,(H,18,21)(H,22,23)/t11-,12?,14-/m1/s1. The Morgan fingerprint density at radius 2 is 1.83 bits per heavy atom. The summed E-state index contributed by atoms with van der Waals surface area (Å²) in [5.41, 5.74) is 0. The molecule has 2 amide bonds. The predicted octanol–water partition coefficient (Wildman–Crippen LogP) is 1.64. The molecule has 0 aromatic heterocycles. The van der Waals surface area contributed by atoms with Crippen LogP contribution in [0.15, 0.2) is 0 Å². The molecular weight excluding hydrogens is 296 g/mol. The van der Waals surface area contributed by atoms with Crippen molar-refractivity contribution in [3.8, 4) is 0 Å². The number of carbonyl (C=O) groups excluding carboxylic acids is 2. The number of carbonyl (C=O) groups is 3. The molecule has 3 atom stereocenters. The second kappa shape index (κ2) is 7.79. The second-order valence-corrected chi connectivity index (χ2v) is 7.17. The fourth-order valence-electron chi connectivity index (χ4n) is 3.66. The Morgan fingerprint density at radius 3 is 2.39 bits per heavy atom. The molecule has 0 aromatic carbocycles. The lowest BCUT2D eigenvalue weighted by Crippen LogP contribution is -2.41. The van der Waals surface area contributed by atoms with Crippen molar-refractivity contribution in [2.45, 2.75) is 58.4 Å². The van der Waals surface area contributed by atoms with Gasteiger partial charge in [0.05, 0.1) is 5.92 Å². The Balaban J connectivity index is 1.78. The van der Waals surface area contributed by atoms with Gasteiger partial charge in [-0.1, -0.05) is 26.2 Å². The van der Waals surface area contributed by atoms with E-state index in [0.717, 1.165) is 25.7 Å². The van der Waals surface area contributed by atoms with E-state index >= 15 is 0 Å². The maximum atomic E-state index is 12.3. The average Bonchev–Trinajstić information content (AvgIpc) is 2.90. The van der Waals surface area contributed by atoms with Gasteiger partial charge in [-0.15, -0.1) is 0 Å². The fourth-order valence-corrected chi connectivity index (χ4v) is 3.66. The third-order valence-electron chi connectivity index (χ3n) is 5.13. The van der Waals surface area contributed by atoms with Gasteiger partial charge in [-0.05, 0) is 25.7 Å². The van der Waals surface area contributed by atoms with E-state index in [4.69, 9.17) is 5.11 Å². The highest BCUT2D eigenvalue weighted by Gasteiger charge is 2.37. The molecule has 0 aromatic rings. The SMILES string of the molecule is CC(CC(=O)N1C[C@@H](C)[C@H](C(=O)O)C1)NC(=O)C1CCCCC1. The van der Waals surface area contributed by atoms with Gasteiger partial charge >= 0.3 is 5.97 Å². The van der Waals surface area contributed by atoms with Gasteiger partial charge in [0.2, 0.25) is 11.8 Å². The first-order chi connectivity index (χ1) is 10.9. The third-order valence-corrected chi connectivity index (χ3v) is 5.13. The van der Waals surface area contributed by atoms with Crippen LogP contribution in [0.2, 0.25) is 0 Å². The summed E-state index contributed by atoms with van der Waals surface area (Å²) in [6.07, 6.45) is 5.53. The van der Waals surface area contributed by atoms with Gasteiger partial charge in [-0.25, -0.2) is 0 Å². The van der Waals surface area contributed by atoms with Crippen LogP contribution in [0.4, 0.5) is 0 Å². The average molecular weight is 324 g/mol. The predicted molar refractivity (Wildman–Crippen MR) is 85.7 cm³/mol. The maximum Gasteiger partial charge on any atom is 0.308 e. The van der Waals surface area contributed by atoms with Gasteiger partial charge in [0.25, 0.3) is 0 Å². The van der Waals surface area contributed by atoms with Gasteiger partial charge in [-0.3, -0.25) is 14.4 Å². The molecule has 130 valence electrons. The second-order valence-electron chi connectivity index (χ2n) is 7.17. The van der Waals surface area contributed by atoms with Crippen LogP contribution in [0, 0.1) is 17.8 Å². The molecule has 2 rings (SSSR count). The van der Waals surface area contributed by atoms with Crippen LogP contribution in [-0.2, 0) is 14.4 Å². The minimum Gasteiger partial charge on any atom is -0.481 e. The van der Waals surface area contributed by atoms with Crippen molar-refractivity contribution >= 4 is 17.8 Å². The summed E-state index contributed by atoms with van der Waals surface area (Å²) in [5, 5.41) is 12.1. The largest absolute Gasteiger partial charge is 0.481 e. The molecule has 0 radical (unpaired) electrons. The van der Waals surface area contributed by atoms with Crippen LogP contribution >= 0.6 is 0 Å². The van der Waals surface area contributed by atoms with Crippen LogP contribution in [0.25, 0.3) is 0 Å². The lowest BCUT2D eigenvalue weighted by Gasteiger charge is -2.24. The number of aliphatic carboxylic acids is 1. The van der Waals surface area contributed by atoms with Crippen molar-refractivity contribution in [3.05, 3.63) is 0 Å². The van der Waals surface area contributed by atoms with Gasteiger partial charge in [0.1, 0.15) is 0 Å². The van der Waals surface area contributed by atoms with Gasteiger partial charge in [-0.2, -0.15) is 0 Å². The molecule has 6 heteroatoms. The highest BCUT2D eigenvalue weighted by Crippen LogP contribution is 2.25. The van der Waals surface area contributed by atoms with Crippen molar-refractivity contribution in [1.29, 1.82) is 0 Å². The minimum atomic E-state index is -0.841. The summed E-state index contributed by atoms with van der Waals surface area (Å²) in [4.78, 5) is 37.2. The monoisotopic (exact) mass is 324 g/mol.